The fraction of sp³-hybridized carbons (Fsp3) is 0.238. The zero-order chi connectivity index (χ0) is 18.8. The van der Waals surface area contributed by atoms with Gasteiger partial charge in [0.15, 0.2) is 5.76 Å². The second-order valence-corrected chi connectivity index (χ2v) is 6.73. The molecular weight excluding hydrogens is 330 g/mol. The number of nitrogens with zero attached hydrogens (tertiary/aromatic N) is 1. The molecule has 0 unspecified atom stereocenters. The normalized spacial score (nSPS) is 14.5. The van der Waals surface area contributed by atoms with Crippen molar-refractivity contribution in [2.45, 2.75) is 20.8 Å². The van der Waals surface area contributed by atoms with Crippen molar-refractivity contribution in [1.82, 2.24) is 0 Å². The first-order valence-corrected chi connectivity index (χ1v) is 8.50. The Morgan fingerprint density at radius 1 is 0.962 bits per heavy atom. The molecule has 1 aliphatic rings. The highest BCUT2D eigenvalue weighted by Crippen LogP contribution is 2.32. The van der Waals surface area contributed by atoms with Gasteiger partial charge in [0, 0.05) is 0 Å². The van der Waals surface area contributed by atoms with Gasteiger partial charge in [-0.2, -0.15) is 0 Å². The molecule has 2 amide bonds. The lowest BCUT2D eigenvalue weighted by Crippen LogP contribution is -2.31. The number of aliphatic hydroxyl groups is 1. The van der Waals surface area contributed by atoms with E-state index >= 15 is 0 Å². The van der Waals surface area contributed by atoms with Gasteiger partial charge in [0.2, 0.25) is 0 Å². The average molecular weight is 351 g/mol. The summed E-state index contributed by atoms with van der Waals surface area (Å²) in [5, 5.41) is 10.2. The third-order valence-electron chi connectivity index (χ3n) is 4.08. The predicted molar refractivity (Wildman–Crippen MR) is 100.0 cm³/mol. The van der Waals surface area contributed by atoms with E-state index in [2.05, 4.69) is 13.8 Å². The molecule has 134 valence electrons. The summed E-state index contributed by atoms with van der Waals surface area (Å²) in [5.41, 5.74) is 1.93. The van der Waals surface area contributed by atoms with Crippen molar-refractivity contribution in [1.29, 1.82) is 0 Å². The topological polar surface area (TPSA) is 66.8 Å². The number of carbonyl (C=O) groups is 2. The number of aliphatic hydroxyl groups excluding tert-OH is 1. The van der Waals surface area contributed by atoms with Crippen molar-refractivity contribution in [2.24, 2.45) is 5.92 Å². The maximum Gasteiger partial charge on any atom is 0.301 e. The predicted octanol–water partition coefficient (Wildman–Crippen LogP) is 3.87. The lowest BCUT2D eigenvalue weighted by molar-refractivity contribution is -0.121. The molecule has 2 aromatic carbocycles. The van der Waals surface area contributed by atoms with E-state index in [0.29, 0.717) is 29.5 Å². The third-order valence-corrected chi connectivity index (χ3v) is 4.08. The molecule has 0 radical (unpaired) electrons. The summed E-state index contributed by atoms with van der Waals surface area (Å²) in [6, 6.07) is 13.8. The van der Waals surface area contributed by atoms with E-state index in [1.54, 1.807) is 36.4 Å². The summed E-state index contributed by atoms with van der Waals surface area (Å²) in [6.07, 6.45) is 0. The van der Waals surface area contributed by atoms with Crippen molar-refractivity contribution >= 4 is 23.1 Å². The minimum absolute atomic E-state index is 0.00554. The molecule has 0 saturated heterocycles. The lowest BCUT2D eigenvalue weighted by Gasteiger charge is -2.14. The van der Waals surface area contributed by atoms with Gasteiger partial charge in [0.05, 0.1) is 17.9 Å². The number of rotatable bonds is 5. The number of aryl methyl sites for hydroxylation is 1. The molecule has 5 nitrogen and oxygen atoms in total. The highest BCUT2D eigenvalue weighted by molar-refractivity contribution is 6.44. The van der Waals surface area contributed by atoms with Crippen LogP contribution in [0.1, 0.15) is 25.0 Å². The van der Waals surface area contributed by atoms with Gasteiger partial charge in [-0.15, -0.1) is 0 Å². The Bertz CT molecular complexity index is 864. The van der Waals surface area contributed by atoms with Gasteiger partial charge in [0.25, 0.3) is 5.91 Å². The molecule has 0 spiro atoms. The largest absolute Gasteiger partial charge is 0.502 e. The summed E-state index contributed by atoms with van der Waals surface area (Å²) < 4.78 is 5.62. The van der Waals surface area contributed by atoms with Crippen LogP contribution in [0.2, 0.25) is 0 Å². The van der Waals surface area contributed by atoms with Gasteiger partial charge in [-0.05, 0) is 42.7 Å². The molecular formula is C21H21NO4. The van der Waals surface area contributed by atoms with E-state index < -0.39 is 17.6 Å². The standard InChI is InChI=1S/C21H21NO4/c1-13(2)12-26-17-10-6-15(7-11-17)18-19(23)21(25)22(20(18)24)16-8-4-14(3)5-9-16/h4-11,13,23H,12H2,1-3H3. The highest BCUT2D eigenvalue weighted by atomic mass is 16.5. The fourth-order valence-electron chi connectivity index (χ4n) is 2.69. The molecule has 0 bridgehead atoms. The van der Waals surface area contributed by atoms with Gasteiger partial charge < -0.3 is 9.84 Å². The Balaban J connectivity index is 1.87. The van der Waals surface area contributed by atoms with Crippen LogP contribution >= 0.6 is 0 Å². The van der Waals surface area contributed by atoms with E-state index in [9.17, 15) is 14.7 Å². The Morgan fingerprint density at radius 3 is 2.15 bits per heavy atom. The first-order valence-electron chi connectivity index (χ1n) is 8.50. The van der Waals surface area contributed by atoms with Crippen LogP contribution in [0.15, 0.2) is 54.3 Å². The number of benzene rings is 2. The summed E-state index contributed by atoms with van der Waals surface area (Å²) >= 11 is 0. The van der Waals surface area contributed by atoms with Crippen LogP contribution in [0, 0.1) is 12.8 Å². The number of ether oxygens (including phenoxy) is 1. The first-order chi connectivity index (χ1) is 12.4. The van der Waals surface area contributed by atoms with Crippen LogP contribution in [0.5, 0.6) is 5.75 Å². The molecule has 0 fully saturated rings. The van der Waals surface area contributed by atoms with Crippen LogP contribution in [0.4, 0.5) is 5.69 Å². The monoisotopic (exact) mass is 351 g/mol. The van der Waals surface area contributed by atoms with Crippen LogP contribution in [-0.4, -0.2) is 23.5 Å². The Kier molecular flexibility index (Phi) is 4.80. The van der Waals surface area contributed by atoms with Crippen molar-refractivity contribution in [3.8, 4) is 5.75 Å². The highest BCUT2D eigenvalue weighted by Gasteiger charge is 2.40. The lowest BCUT2D eigenvalue weighted by atomic mass is 10.1. The van der Waals surface area contributed by atoms with Gasteiger partial charge in [-0.25, -0.2) is 4.90 Å². The molecule has 26 heavy (non-hydrogen) atoms. The minimum Gasteiger partial charge on any atom is -0.502 e. The van der Waals surface area contributed by atoms with Crippen LogP contribution in [0.3, 0.4) is 0 Å². The number of hydrogen-bond donors (Lipinski definition) is 1. The van der Waals surface area contributed by atoms with Crippen LogP contribution in [-0.2, 0) is 9.59 Å². The number of amides is 2. The Hall–Kier alpha value is -3.08. The summed E-state index contributed by atoms with van der Waals surface area (Å²) in [5.74, 6) is -0.708. The third kappa shape index (κ3) is 3.33. The van der Waals surface area contributed by atoms with Crippen molar-refractivity contribution in [3.05, 3.63) is 65.4 Å². The zero-order valence-electron chi connectivity index (χ0n) is 15.0. The molecule has 2 aromatic rings. The molecule has 0 aromatic heterocycles. The van der Waals surface area contributed by atoms with E-state index in [4.69, 9.17) is 4.74 Å². The summed E-state index contributed by atoms with van der Waals surface area (Å²) in [6.45, 7) is 6.62. The molecule has 0 aliphatic carbocycles. The SMILES string of the molecule is Cc1ccc(N2C(=O)C(O)=C(c3ccc(OCC(C)C)cc3)C2=O)cc1. The number of anilines is 1. The zero-order valence-corrected chi connectivity index (χ0v) is 15.0. The van der Waals surface area contributed by atoms with E-state index in [0.717, 1.165) is 10.5 Å². The maximum atomic E-state index is 12.8. The van der Waals surface area contributed by atoms with Crippen molar-refractivity contribution in [2.75, 3.05) is 11.5 Å². The average Bonchev–Trinajstić information content (AvgIpc) is 2.84. The molecule has 0 saturated carbocycles. The van der Waals surface area contributed by atoms with Gasteiger partial charge in [-0.1, -0.05) is 43.7 Å². The Labute approximate surface area is 152 Å². The molecule has 3 rings (SSSR count). The van der Waals surface area contributed by atoms with Crippen molar-refractivity contribution < 1.29 is 19.4 Å². The van der Waals surface area contributed by atoms with Crippen molar-refractivity contribution in [3.63, 3.8) is 0 Å². The molecule has 0 atom stereocenters. The van der Waals surface area contributed by atoms with E-state index in [1.807, 2.05) is 19.1 Å². The fourth-order valence-corrected chi connectivity index (χ4v) is 2.69. The first kappa shape index (κ1) is 17.7. The molecule has 5 heteroatoms. The molecule has 1 aliphatic heterocycles. The van der Waals surface area contributed by atoms with Crippen LogP contribution in [0.25, 0.3) is 5.57 Å². The summed E-state index contributed by atoms with van der Waals surface area (Å²) in [4.78, 5) is 26.2. The van der Waals surface area contributed by atoms with Gasteiger partial charge in [0.1, 0.15) is 5.75 Å². The van der Waals surface area contributed by atoms with Gasteiger partial charge >= 0.3 is 5.91 Å². The van der Waals surface area contributed by atoms with Gasteiger partial charge in [-0.3, -0.25) is 9.59 Å². The Morgan fingerprint density at radius 2 is 1.58 bits per heavy atom. The smallest absolute Gasteiger partial charge is 0.301 e. The second kappa shape index (κ2) is 7.04. The second-order valence-electron chi connectivity index (χ2n) is 6.73. The molecule has 1 heterocycles. The van der Waals surface area contributed by atoms with Crippen LogP contribution < -0.4 is 9.64 Å². The minimum atomic E-state index is -0.714. The number of hydrogen-bond acceptors (Lipinski definition) is 4. The summed E-state index contributed by atoms with van der Waals surface area (Å²) in [7, 11) is 0. The molecule has 1 N–H and O–H groups in total. The number of imide groups is 1. The number of carbonyl (C=O) groups excluding carboxylic acids is 2. The maximum absolute atomic E-state index is 12.8. The quantitative estimate of drug-likeness (QED) is 0.831. The van der Waals surface area contributed by atoms with E-state index in [1.165, 1.54) is 0 Å². The van der Waals surface area contributed by atoms with E-state index in [-0.39, 0.29) is 5.57 Å².